The van der Waals surface area contributed by atoms with Crippen LogP contribution in [0.1, 0.15) is 67.2 Å². The number of carbonyl (C=O) groups is 3. The van der Waals surface area contributed by atoms with Crippen LogP contribution in [0.2, 0.25) is 0 Å². The van der Waals surface area contributed by atoms with Crippen LogP contribution in [0, 0.1) is 0 Å². The van der Waals surface area contributed by atoms with Crippen molar-refractivity contribution in [3.63, 3.8) is 0 Å². The van der Waals surface area contributed by atoms with Gasteiger partial charge in [0.1, 0.15) is 11.6 Å². The van der Waals surface area contributed by atoms with Crippen molar-refractivity contribution < 1.29 is 19.5 Å². The van der Waals surface area contributed by atoms with Crippen molar-refractivity contribution in [1.82, 2.24) is 35.4 Å². The summed E-state index contributed by atoms with van der Waals surface area (Å²) < 4.78 is 3.66. The van der Waals surface area contributed by atoms with Crippen LogP contribution in [0.25, 0.3) is 0 Å². The Bertz CT molecular complexity index is 1010. The fourth-order valence-corrected chi connectivity index (χ4v) is 4.61. The first-order chi connectivity index (χ1) is 14.8. The molecule has 2 aromatic rings. The molecule has 0 aromatic carbocycles. The molecule has 2 fully saturated rings. The average Bonchev–Trinajstić information content (AvgIpc) is 3.27. The van der Waals surface area contributed by atoms with Crippen LogP contribution in [0.15, 0.2) is 16.9 Å². The summed E-state index contributed by atoms with van der Waals surface area (Å²) in [6, 6.07) is -0.404. The maximum atomic E-state index is 12.7. The van der Waals surface area contributed by atoms with Gasteiger partial charge in [0.2, 0.25) is 5.91 Å². The molecule has 1 unspecified atom stereocenters. The Morgan fingerprint density at radius 1 is 1.35 bits per heavy atom. The second-order valence-corrected chi connectivity index (χ2v) is 8.91. The number of aromatic nitrogens is 5. The lowest BCUT2D eigenvalue weighted by Gasteiger charge is -2.43. The summed E-state index contributed by atoms with van der Waals surface area (Å²) in [5, 5.41) is 27.8. The van der Waals surface area contributed by atoms with Crippen LogP contribution >= 0.6 is 15.9 Å². The SMILES string of the molecule is CCn1cc(Br)c(C(=O)NC2(C(=O)O)CC(c3cn(C4CCCCNC4=O)nn3)C2)n1. The number of hydrogen-bond donors (Lipinski definition) is 3. The van der Waals surface area contributed by atoms with Gasteiger partial charge in [-0.15, -0.1) is 5.10 Å². The number of nitrogens with zero attached hydrogens (tertiary/aromatic N) is 5. The molecule has 0 radical (unpaired) electrons. The number of hydrogen-bond acceptors (Lipinski definition) is 6. The van der Waals surface area contributed by atoms with E-state index in [9.17, 15) is 19.5 Å². The number of amides is 2. The second kappa shape index (κ2) is 8.40. The third kappa shape index (κ3) is 4.08. The lowest BCUT2D eigenvalue weighted by atomic mass is 9.67. The normalized spacial score (nSPS) is 25.9. The summed E-state index contributed by atoms with van der Waals surface area (Å²) in [6.45, 7) is 3.14. The average molecular weight is 494 g/mol. The lowest BCUT2D eigenvalue weighted by Crippen LogP contribution is -2.61. The highest BCUT2D eigenvalue weighted by Crippen LogP contribution is 2.44. The van der Waals surface area contributed by atoms with Gasteiger partial charge in [-0.2, -0.15) is 5.10 Å². The van der Waals surface area contributed by atoms with Crippen LogP contribution in [0.4, 0.5) is 0 Å². The minimum Gasteiger partial charge on any atom is -0.480 e. The highest BCUT2D eigenvalue weighted by molar-refractivity contribution is 9.10. The van der Waals surface area contributed by atoms with E-state index in [1.54, 1.807) is 21.8 Å². The summed E-state index contributed by atoms with van der Waals surface area (Å²) in [4.78, 5) is 36.9. The van der Waals surface area contributed by atoms with E-state index in [0.29, 0.717) is 29.7 Å². The smallest absolute Gasteiger partial charge is 0.329 e. The van der Waals surface area contributed by atoms with Gasteiger partial charge in [0.05, 0.1) is 10.2 Å². The topological polar surface area (TPSA) is 144 Å². The number of halogens is 1. The van der Waals surface area contributed by atoms with Crippen molar-refractivity contribution >= 4 is 33.7 Å². The predicted molar refractivity (Wildman–Crippen MR) is 111 cm³/mol. The van der Waals surface area contributed by atoms with Crippen LogP contribution < -0.4 is 10.6 Å². The van der Waals surface area contributed by atoms with Crippen LogP contribution in [0.3, 0.4) is 0 Å². The van der Waals surface area contributed by atoms with Crippen LogP contribution in [-0.4, -0.2) is 59.7 Å². The Kier molecular flexibility index (Phi) is 5.82. The van der Waals surface area contributed by atoms with E-state index < -0.39 is 23.5 Å². The minimum absolute atomic E-state index is 0.0770. The fraction of sp³-hybridized carbons (Fsp3) is 0.579. The van der Waals surface area contributed by atoms with Crippen molar-refractivity contribution in [1.29, 1.82) is 0 Å². The lowest BCUT2D eigenvalue weighted by molar-refractivity contribution is -0.149. The molecule has 2 aliphatic rings. The van der Waals surface area contributed by atoms with Gasteiger partial charge in [0.15, 0.2) is 5.69 Å². The molecule has 11 nitrogen and oxygen atoms in total. The molecule has 1 atom stereocenters. The number of aliphatic carboxylic acids is 1. The third-order valence-electron chi connectivity index (χ3n) is 5.98. The quantitative estimate of drug-likeness (QED) is 0.548. The maximum absolute atomic E-state index is 12.7. The number of aryl methyl sites for hydroxylation is 1. The van der Waals surface area contributed by atoms with Gasteiger partial charge in [-0.1, -0.05) is 5.21 Å². The number of carboxylic acids is 1. The molecule has 0 spiro atoms. The van der Waals surface area contributed by atoms with Crippen molar-refractivity contribution in [3.8, 4) is 0 Å². The van der Waals surface area contributed by atoms with E-state index in [1.807, 2.05) is 6.92 Å². The zero-order valence-electron chi connectivity index (χ0n) is 17.0. The molecule has 2 amide bonds. The summed E-state index contributed by atoms with van der Waals surface area (Å²) >= 11 is 3.30. The van der Waals surface area contributed by atoms with Gasteiger partial charge in [-0.05, 0) is 55.0 Å². The van der Waals surface area contributed by atoms with Crippen LogP contribution in [-0.2, 0) is 16.1 Å². The van der Waals surface area contributed by atoms with Crippen LogP contribution in [0.5, 0.6) is 0 Å². The zero-order valence-corrected chi connectivity index (χ0v) is 18.6. The second-order valence-electron chi connectivity index (χ2n) is 8.05. The summed E-state index contributed by atoms with van der Waals surface area (Å²) in [6.07, 6.45) is 6.31. The Morgan fingerprint density at radius 3 is 2.81 bits per heavy atom. The van der Waals surface area contributed by atoms with E-state index in [2.05, 4.69) is 42.0 Å². The fourth-order valence-electron chi connectivity index (χ4n) is 4.12. The molecule has 166 valence electrons. The number of rotatable bonds is 6. The first kappa shape index (κ1) is 21.5. The molecule has 3 heterocycles. The molecule has 0 bridgehead atoms. The Balaban J connectivity index is 1.45. The van der Waals surface area contributed by atoms with Crippen molar-refractivity contribution in [2.75, 3.05) is 6.54 Å². The molecule has 1 aliphatic heterocycles. The number of carboxylic acid groups (broad SMARTS) is 1. The molecule has 1 saturated carbocycles. The van der Waals surface area contributed by atoms with Gasteiger partial charge in [0.25, 0.3) is 5.91 Å². The molecule has 4 rings (SSSR count). The van der Waals surface area contributed by atoms with Gasteiger partial charge >= 0.3 is 5.97 Å². The molecule has 1 aliphatic carbocycles. The summed E-state index contributed by atoms with van der Waals surface area (Å²) in [7, 11) is 0. The molecule has 1 saturated heterocycles. The summed E-state index contributed by atoms with van der Waals surface area (Å²) in [5.41, 5.74) is -0.614. The van der Waals surface area contributed by atoms with E-state index in [0.717, 1.165) is 12.8 Å². The molecular weight excluding hydrogens is 470 g/mol. The van der Waals surface area contributed by atoms with Gasteiger partial charge in [-0.3, -0.25) is 14.3 Å². The Morgan fingerprint density at radius 2 is 2.13 bits per heavy atom. The highest BCUT2D eigenvalue weighted by Gasteiger charge is 2.53. The molecule has 12 heteroatoms. The minimum atomic E-state index is -1.39. The van der Waals surface area contributed by atoms with E-state index >= 15 is 0 Å². The maximum Gasteiger partial charge on any atom is 0.329 e. The number of carbonyl (C=O) groups excluding carboxylic acids is 2. The first-order valence-corrected chi connectivity index (χ1v) is 11.1. The Labute approximate surface area is 186 Å². The Hall–Kier alpha value is -2.76. The zero-order chi connectivity index (χ0) is 22.2. The largest absolute Gasteiger partial charge is 0.480 e. The first-order valence-electron chi connectivity index (χ1n) is 10.3. The monoisotopic (exact) mass is 493 g/mol. The summed E-state index contributed by atoms with van der Waals surface area (Å²) in [5.74, 6) is -1.89. The van der Waals surface area contributed by atoms with Crippen molar-refractivity contribution in [3.05, 3.63) is 28.3 Å². The highest BCUT2D eigenvalue weighted by atomic mass is 79.9. The van der Waals surface area contributed by atoms with Crippen molar-refractivity contribution in [2.24, 2.45) is 0 Å². The van der Waals surface area contributed by atoms with Gasteiger partial charge < -0.3 is 15.7 Å². The number of nitrogens with one attached hydrogen (secondary N) is 2. The van der Waals surface area contributed by atoms with E-state index in [4.69, 9.17) is 0 Å². The predicted octanol–water partition coefficient (Wildman–Crippen LogP) is 1.23. The molecule has 2 aromatic heterocycles. The van der Waals surface area contributed by atoms with Crippen molar-refractivity contribution in [2.45, 2.75) is 63.1 Å². The standard InChI is InChI=1S/C19H24BrN7O4/c1-2-26-9-12(20)15(24-26)17(29)22-19(18(30)31)7-11(8-19)13-10-27(25-23-13)14-5-3-4-6-21-16(14)28/h9-11,14H,2-8H2,1H3,(H,21,28)(H,22,29)(H,30,31). The van der Waals surface area contributed by atoms with Gasteiger partial charge in [0, 0.05) is 31.4 Å². The third-order valence-corrected chi connectivity index (χ3v) is 6.56. The van der Waals surface area contributed by atoms with E-state index in [-0.39, 0.29) is 30.4 Å². The molecule has 31 heavy (non-hydrogen) atoms. The molecular formula is C19H24BrN7O4. The van der Waals surface area contributed by atoms with Gasteiger partial charge in [-0.25, -0.2) is 9.48 Å². The van der Waals surface area contributed by atoms with E-state index in [1.165, 1.54) is 0 Å². The molecule has 3 N–H and O–H groups in total.